The lowest BCUT2D eigenvalue weighted by atomic mass is 10.1. The molecule has 2 atom stereocenters. The summed E-state index contributed by atoms with van der Waals surface area (Å²) in [5.41, 5.74) is 0.371. The number of carboxylic acids is 1. The molecule has 7 heteroatoms. The Morgan fingerprint density at radius 1 is 1.24 bits per heavy atom. The first-order valence-electron chi connectivity index (χ1n) is 8.48. The van der Waals surface area contributed by atoms with Crippen LogP contribution in [-0.4, -0.2) is 60.9 Å². The average Bonchev–Trinajstić information content (AvgIpc) is 3.05. The van der Waals surface area contributed by atoms with Crippen LogP contribution in [0.25, 0.3) is 0 Å². The summed E-state index contributed by atoms with van der Waals surface area (Å²) >= 11 is 0. The van der Waals surface area contributed by atoms with E-state index < -0.39 is 12.0 Å². The average molecular weight is 351 g/mol. The van der Waals surface area contributed by atoms with Crippen LogP contribution < -0.4 is 9.47 Å². The molecule has 25 heavy (non-hydrogen) atoms. The van der Waals surface area contributed by atoms with Crippen molar-refractivity contribution >= 4 is 11.9 Å². The number of carbonyl (C=O) groups is 2. The largest absolute Gasteiger partial charge is 0.490 e. The number of benzene rings is 1. The molecule has 0 spiro atoms. The topological polar surface area (TPSA) is 85.3 Å². The van der Waals surface area contributed by atoms with E-state index in [1.165, 1.54) is 12.0 Å². The van der Waals surface area contributed by atoms with Crippen molar-refractivity contribution in [3.05, 3.63) is 23.8 Å². The zero-order valence-corrected chi connectivity index (χ0v) is 14.9. The molecular formula is C18H25NO6. The van der Waals surface area contributed by atoms with Gasteiger partial charge in [0.25, 0.3) is 5.91 Å². The molecule has 0 radical (unpaired) electrons. The number of carbonyl (C=O) groups excluding carboxylic acids is 1. The quantitative estimate of drug-likeness (QED) is 0.773. The maximum atomic E-state index is 12.8. The van der Waals surface area contributed by atoms with Gasteiger partial charge in [0.1, 0.15) is 6.04 Å². The predicted octanol–water partition coefficient (Wildman–Crippen LogP) is 2.19. The van der Waals surface area contributed by atoms with Crippen molar-refractivity contribution in [2.45, 2.75) is 38.8 Å². The number of nitrogens with zero attached hydrogens (tertiary/aromatic N) is 1. The third-order valence-electron chi connectivity index (χ3n) is 4.09. The molecule has 0 aromatic heterocycles. The fourth-order valence-electron chi connectivity index (χ4n) is 2.83. The molecule has 1 aliphatic heterocycles. The van der Waals surface area contributed by atoms with Crippen LogP contribution in [0.1, 0.15) is 37.0 Å². The standard InChI is InChI=1S/C18H25NO6/c1-4-8-25-15-7-6-12(9-16(15)24-5-2)17(20)19-11-13(23-3)10-14(19)18(21)22/h6-7,9,13-14H,4-5,8,10-11H2,1-3H3,(H,21,22). The Morgan fingerprint density at radius 3 is 2.60 bits per heavy atom. The van der Waals surface area contributed by atoms with E-state index in [0.29, 0.717) is 30.3 Å². The molecule has 1 aromatic carbocycles. The molecule has 1 fully saturated rings. The van der Waals surface area contributed by atoms with Crippen LogP contribution in [0.2, 0.25) is 0 Å². The second-order valence-corrected chi connectivity index (χ2v) is 5.85. The number of hydrogen-bond donors (Lipinski definition) is 1. The number of rotatable bonds is 8. The Hall–Kier alpha value is -2.28. The van der Waals surface area contributed by atoms with Crippen molar-refractivity contribution in [3.8, 4) is 11.5 Å². The van der Waals surface area contributed by atoms with E-state index in [2.05, 4.69) is 0 Å². The lowest BCUT2D eigenvalue weighted by Gasteiger charge is -2.22. The van der Waals surface area contributed by atoms with Gasteiger partial charge in [0.2, 0.25) is 0 Å². The number of likely N-dealkylation sites (tertiary alicyclic amines) is 1. The van der Waals surface area contributed by atoms with E-state index in [1.807, 2.05) is 13.8 Å². The van der Waals surface area contributed by atoms with Gasteiger partial charge in [-0.05, 0) is 31.5 Å². The Morgan fingerprint density at radius 2 is 2.00 bits per heavy atom. The monoisotopic (exact) mass is 351 g/mol. The normalized spacial score (nSPS) is 19.7. The lowest BCUT2D eigenvalue weighted by Crippen LogP contribution is -2.40. The summed E-state index contributed by atoms with van der Waals surface area (Å²) in [5, 5.41) is 9.38. The SMILES string of the molecule is CCCOc1ccc(C(=O)N2CC(OC)CC2C(=O)O)cc1OCC. The molecule has 0 saturated carbocycles. The number of aliphatic carboxylic acids is 1. The van der Waals surface area contributed by atoms with E-state index in [4.69, 9.17) is 14.2 Å². The molecule has 1 aliphatic rings. The molecular weight excluding hydrogens is 326 g/mol. The second-order valence-electron chi connectivity index (χ2n) is 5.85. The first kappa shape index (κ1) is 19.1. The van der Waals surface area contributed by atoms with E-state index in [9.17, 15) is 14.7 Å². The third-order valence-corrected chi connectivity index (χ3v) is 4.09. The third kappa shape index (κ3) is 4.42. The van der Waals surface area contributed by atoms with Crippen molar-refractivity contribution < 1.29 is 28.9 Å². The van der Waals surface area contributed by atoms with Crippen molar-refractivity contribution in [1.29, 1.82) is 0 Å². The van der Waals surface area contributed by atoms with Gasteiger partial charge in [-0.25, -0.2) is 4.79 Å². The van der Waals surface area contributed by atoms with Crippen LogP contribution >= 0.6 is 0 Å². The fraction of sp³-hybridized carbons (Fsp3) is 0.556. The molecule has 0 aliphatic carbocycles. The van der Waals surface area contributed by atoms with Gasteiger partial charge < -0.3 is 24.2 Å². The number of carboxylic acid groups (broad SMARTS) is 1. The molecule has 0 bridgehead atoms. The van der Waals surface area contributed by atoms with Crippen molar-refractivity contribution in [2.75, 3.05) is 26.9 Å². The highest BCUT2D eigenvalue weighted by atomic mass is 16.5. The minimum atomic E-state index is -1.03. The Balaban J connectivity index is 2.25. The van der Waals surface area contributed by atoms with Crippen molar-refractivity contribution in [3.63, 3.8) is 0 Å². The molecule has 1 N–H and O–H groups in total. The van der Waals surface area contributed by atoms with Gasteiger partial charge in [-0.3, -0.25) is 4.79 Å². The molecule has 2 unspecified atom stereocenters. The number of amides is 1. The summed E-state index contributed by atoms with van der Waals surface area (Å²) in [7, 11) is 1.52. The van der Waals surface area contributed by atoms with E-state index >= 15 is 0 Å². The first-order chi connectivity index (χ1) is 12.0. The zero-order valence-electron chi connectivity index (χ0n) is 14.9. The molecule has 2 rings (SSSR count). The summed E-state index contributed by atoms with van der Waals surface area (Å²) < 4.78 is 16.4. The van der Waals surface area contributed by atoms with Crippen LogP contribution in [0.5, 0.6) is 11.5 Å². The Labute approximate surface area is 147 Å². The summed E-state index contributed by atoms with van der Waals surface area (Å²) in [5.74, 6) is -0.321. The van der Waals surface area contributed by atoms with Crippen molar-refractivity contribution in [1.82, 2.24) is 4.90 Å². The summed E-state index contributed by atoms with van der Waals surface area (Å²) in [6, 6.07) is 4.04. The second kappa shape index (κ2) is 8.71. The van der Waals surface area contributed by atoms with Crippen LogP contribution in [0.15, 0.2) is 18.2 Å². The Bertz CT molecular complexity index is 618. The number of hydrogen-bond acceptors (Lipinski definition) is 5. The summed E-state index contributed by atoms with van der Waals surface area (Å²) in [4.78, 5) is 25.6. The highest BCUT2D eigenvalue weighted by molar-refractivity contribution is 5.97. The minimum Gasteiger partial charge on any atom is -0.490 e. The smallest absolute Gasteiger partial charge is 0.326 e. The van der Waals surface area contributed by atoms with Gasteiger partial charge in [-0.2, -0.15) is 0 Å². The summed E-state index contributed by atoms with van der Waals surface area (Å²) in [6.45, 7) is 5.10. The van der Waals surface area contributed by atoms with Crippen LogP contribution in [0.4, 0.5) is 0 Å². The minimum absolute atomic E-state index is 0.254. The van der Waals surface area contributed by atoms with Gasteiger partial charge in [-0.15, -0.1) is 0 Å². The van der Waals surface area contributed by atoms with Crippen molar-refractivity contribution in [2.24, 2.45) is 0 Å². The molecule has 1 saturated heterocycles. The van der Waals surface area contributed by atoms with Crippen LogP contribution in [0, 0.1) is 0 Å². The molecule has 138 valence electrons. The number of methoxy groups -OCH3 is 1. The molecule has 1 heterocycles. The van der Waals surface area contributed by atoms with Gasteiger partial charge in [0.05, 0.1) is 19.3 Å². The maximum absolute atomic E-state index is 12.8. The Kier molecular flexibility index (Phi) is 6.64. The predicted molar refractivity (Wildman–Crippen MR) is 91.3 cm³/mol. The fourth-order valence-corrected chi connectivity index (χ4v) is 2.83. The van der Waals surface area contributed by atoms with Gasteiger partial charge >= 0.3 is 5.97 Å². The summed E-state index contributed by atoms with van der Waals surface area (Å²) in [6.07, 6.45) is 0.871. The lowest BCUT2D eigenvalue weighted by molar-refractivity contribution is -0.141. The molecule has 1 amide bonds. The highest BCUT2D eigenvalue weighted by Gasteiger charge is 2.40. The first-order valence-corrected chi connectivity index (χ1v) is 8.48. The zero-order chi connectivity index (χ0) is 18.4. The molecule has 1 aromatic rings. The molecule has 7 nitrogen and oxygen atoms in total. The van der Waals surface area contributed by atoms with Gasteiger partial charge in [-0.1, -0.05) is 6.92 Å². The van der Waals surface area contributed by atoms with Crippen LogP contribution in [0.3, 0.4) is 0 Å². The van der Waals surface area contributed by atoms with Crippen LogP contribution in [-0.2, 0) is 9.53 Å². The van der Waals surface area contributed by atoms with E-state index in [0.717, 1.165) is 6.42 Å². The highest BCUT2D eigenvalue weighted by Crippen LogP contribution is 2.30. The number of ether oxygens (including phenoxy) is 3. The maximum Gasteiger partial charge on any atom is 0.326 e. The van der Waals surface area contributed by atoms with E-state index in [1.54, 1.807) is 18.2 Å². The van der Waals surface area contributed by atoms with Gasteiger partial charge in [0.15, 0.2) is 11.5 Å². The van der Waals surface area contributed by atoms with Gasteiger partial charge in [0, 0.05) is 25.6 Å². The van der Waals surface area contributed by atoms with E-state index in [-0.39, 0.29) is 25.0 Å².